The molecule has 1 saturated carbocycles. The quantitative estimate of drug-likeness (QED) is 0.469. The molecule has 5 nitrogen and oxygen atoms in total. The van der Waals surface area contributed by atoms with E-state index in [1.54, 1.807) is 24.3 Å². The lowest BCUT2D eigenvalue weighted by Gasteiger charge is -2.50. The molecule has 1 aromatic heterocycles. The maximum absolute atomic E-state index is 12.9. The normalized spacial score (nSPS) is 26.4. The van der Waals surface area contributed by atoms with Crippen molar-refractivity contribution in [2.45, 2.75) is 31.6 Å². The Bertz CT molecular complexity index is 1170. The number of carbonyl (C=O) groups is 1. The number of aromatic hydroxyl groups is 1. The van der Waals surface area contributed by atoms with Crippen LogP contribution >= 0.6 is 0 Å². The molecule has 2 aliphatic rings. The van der Waals surface area contributed by atoms with Crippen LogP contribution in [0.2, 0.25) is 0 Å². The molecule has 0 saturated heterocycles. The number of aryl methyl sites for hydroxylation is 1. The van der Waals surface area contributed by atoms with E-state index in [-0.39, 0.29) is 23.4 Å². The van der Waals surface area contributed by atoms with Crippen molar-refractivity contribution >= 4 is 5.78 Å². The van der Waals surface area contributed by atoms with Crippen LogP contribution in [0.3, 0.4) is 0 Å². The van der Waals surface area contributed by atoms with Crippen LogP contribution in [0.5, 0.6) is 5.75 Å². The van der Waals surface area contributed by atoms with Crippen LogP contribution in [-0.2, 0) is 16.6 Å². The van der Waals surface area contributed by atoms with Gasteiger partial charge in [-0.15, -0.1) is 0 Å². The molecule has 0 bridgehead atoms. The van der Waals surface area contributed by atoms with Gasteiger partial charge in [-0.05, 0) is 60.6 Å². The number of aliphatic hydroxyl groups excluding tert-OH is 1. The van der Waals surface area contributed by atoms with Gasteiger partial charge in [0, 0.05) is 28.7 Å². The molecule has 3 atom stereocenters. The summed E-state index contributed by atoms with van der Waals surface area (Å²) in [5.41, 5.74) is 3.89. The Kier molecular flexibility index (Phi) is 4.62. The fraction of sp³-hybridized carbons (Fsp3) is 0.269. The van der Waals surface area contributed by atoms with E-state index in [4.69, 9.17) is 4.98 Å². The number of fused-ring (bicyclic) bond motifs is 3. The van der Waals surface area contributed by atoms with Gasteiger partial charge in [-0.25, -0.2) is 9.97 Å². The third-order valence-corrected chi connectivity index (χ3v) is 7.02. The van der Waals surface area contributed by atoms with Gasteiger partial charge in [-0.3, -0.25) is 4.79 Å². The Labute approximate surface area is 181 Å². The highest BCUT2D eigenvalue weighted by molar-refractivity contribution is 5.98. The minimum Gasteiger partial charge on any atom is -0.515 e. The highest BCUT2D eigenvalue weighted by Gasteiger charge is 2.54. The first-order valence-electron chi connectivity index (χ1n) is 10.6. The zero-order chi connectivity index (χ0) is 21.6. The summed E-state index contributed by atoms with van der Waals surface area (Å²) in [5, 5.41) is 19.5. The SMILES string of the molecule is C[C@@H]1C(=O)/C(=C\O)C[C@]2(c3ccccc3)c3nc(-c4ccc(O)cc4)ncc3CC[C@@H]12. The lowest BCUT2D eigenvalue weighted by atomic mass is 9.52. The third-order valence-electron chi connectivity index (χ3n) is 7.02. The molecule has 2 aromatic carbocycles. The minimum atomic E-state index is -0.509. The average molecular weight is 412 g/mol. The molecular formula is C26H24N2O3. The molecular weight excluding hydrogens is 388 g/mol. The van der Waals surface area contributed by atoms with Crippen molar-refractivity contribution in [1.29, 1.82) is 0 Å². The first-order chi connectivity index (χ1) is 15.0. The number of Topliss-reactive ketones (excluding diaryl/α,β-unsaturated/α-hetero) is 1. The van der Waals surface area contributed by atoms with E-state index in [1.165, 1.54) is 0 Å². The van der Waals surface area contributed by atoms with E-state index >= 15 is 0 Å². The average Bonchev–Trinajstić information content (AvgIpc) is 2.82. The van der Waals surface area contributed by atoms with Gasteiger partial charge in [0.15, 0.2) is 11.6 Å². The second-order valence-electron chi connectivity index (χ2n) is 8.58. The Balaban J connectivity index is 1.76. The number of aromatic nitrogens is 2. The summed E-state index contributed by atoms with van der Waals surface area (Å²) in [6, 6.07) is 17.1. The number of benzene rings is 2. The molecule has 5 heteroatoms. The van der Waals surface area contributed by atoms with Crippen LogP contribution < -0.4 is 0 Å². The summed E-state index contributed by atoms with van der Waals surface area (Å²) >= 11 is 0. The molecule has 156 valence electrons. The maximum atomic E-state index is 12.9. The summed E-state index contributed by atoms with van der Waals surface area (Å²) in [7, 11) is 0. The maximum Gasteiger partial charge on any atom is 0.165 e. The van der Waals surface area contributed by atoms with Gasteiger partial charge in [0.1, 0.15) is 5.75 Å². The van der Waals surface area contributed by atoms with E-state index in [9.17, 15) is 15.0 Å². The second kappa shape index (κ2) is 7.34. The fourth-order valence-corrected chi connectivity index (χ4v) is 5.51. The second-order valence-corrected chi connectivity index (χ2v) is 8.58. The molecule has 0 amide bonds. The van der Waals surface area contributed by atoms with Crippen molar-refractivity contribution in [3.05, 3.63) is 89.5 Å². The Morgan fingerprint density at radius 3 is 2.55 bits per heavy atom. The topological polar surface area (TPSA) is 83.3 Å². The molecule has 1 fully saturated rings. The van der Waals surface area contributed by atoms with E-state index in [1.807, 2.05) is 31.3 Å². The van der Waals surface area contributed by atoms with Crippen molar-refractivity contribution in [2.75, 3.05) is 0 Å². The smallest absolute Gasteiger partial charge is 0.165 e. The van der Waals surface area contributed by atoms with Gasteiger partial charge >= 0.3 is 0 Å². The number of carbonyl (C=O) groups excluding carboxylic acids is 1. The number of phenolic OH excluding ortho intramolecular Hbond substituents is 1. The van der Waals surface area contributed by atoms with Crippen molar-refractivity contribution in [3.8, 4) is 17.1 Å². The standard InChI is InChI=1S/C26H24N2O3/c1-16-22-12-9-18-14-27-25(17-7-10-21(30)11-8-17)28-24(18)26(22,13-19(15-29)23(16)31)20-5-3-2-4-6-20/h2-8,10-11,14-16,22,29-30H,9,12-13H2,1H3/b19-15-/t16-,22-,26+/m0/s1. The number of hydrogen-bond donors (Lipinski definition) is 2. The number of ketones is 1. The van der Waals surface area contributed by atoms with Gasteiger partial charge in [0.05, 0.1) is 12.0 Å². The minimum absolute atomic E-state index is 0.0234. The summed E-state index contributed by atoms with van der Waals surface area (Å²) in [5.74, 6) is 0.678. The van der Waals surface area contributed by atoms with Crippen molar-refractivity contribution in [3.63, 3.8) is 0 Å². The largest absolute Gasteiger partial charge is 0.515 e. The lowest BCUT2D eigenvalue weighted by Crippen LogP contribution is -2.51. The number of aliphatic hydroxyl groups is 1. The molecule has 0 unspecified atom stereocenters. The van der Waals surface area contributed by atoms with E-state index < -0.39 is 5.41 Å². The molecule has 5 rings (SSSR count). The van der Waals surface area contributed by atoms with Crippen molar-refractivity contribution < 1.29 is 15.0 Å². The zero-order valence-corrected chi connectivity index (χ0v) is 17.3. The first kappa shape index (κ1) is 19.5. The number of hydrogen-bond acceptors (Lipinski definition) is 5. The van der Waals surface area contributed by atoms with Crippen LogP contribution in [0, 0.1) is 11.8 Å². The molecule has 2 N–H and O–H groups in total. The lowest BCUT2D eigenvalue weighted by molar-refractivity contribution is -0.123. The molecule has 2 aliphatic carbocycles. The predicted octanol–water partition coefficient (Wildman–Crippen LogP) is 4.75. The van der Waals surface area contributed by atoms with Crippen LogP contribution in [0.4, 0.5) is 0 Å². The summed E-state index contributed by atoms with van der Waals surface area (Å²) in [6.07, 6.45) is 4.99. The number of phenols is 1. The Hall–Kier alpha value is -3.47. The van der Waals surface area contributed by atoms with E-state index in [0.717, 1.165) is 41.5 Å². The van der Waals surface area contributed by atoms with Gasteiger partial charge in [-0.1, -0.05) is 37.3 Å². The molecule has 31 heavy (non-hydrogen) atoms. The van der Waals surface area contributed by atoms with Crippen molar-refractivity contribution in [1.82, 2.24) is 9.97 Å². The number of nitrogens with zero attached hydrogens (tertiary/aromatic N) is 2. The van der Waals surface area contributed by atoms with Crippen LogP contribution in [0.1, 0.15) is 36.6 Å². The van der Waals surface area contributed by atoms with E-state index in [2.05, 4.69) is 17.1 Å². The Morgan fingerprint density at radius 2 is 1.84 bits per heavy atom. The zero-order valence-electron chi connectivity index (χ0n) is 17.3. The molecule has 1 heterocycles. The molecule has 0 radical (unpaired) electrons. The van der Waals surface area contributed by atoms with Gasteiger partial charge in [0.2, 0.25) is 0 Å². The summed E-state index contributed by atoms with van der Waals surface area (Å²) in [4.78, 5) is 22.6. The summed E-state index contributed by atoms with van der Waals surface area (Å²) < 4.78 is 0. The molecule has 0 spiro atoms. The molecule has 0 aliphatic heterocycles. The van der Waals surface area contributed by atoms with Crippen LogP contribution in [0.25, 0.3) is 11.4 Å². The van der Waals surface area contributed by atoms with E-state index in [0.29, 0.717) is 17.8 Å². The first-order valence-corrected chi connectivity index (χ1v) is 10.6. The van der Waals surface area contributed by atoms with Gasteiger partial charge in [0.25, 0.3) is 0 Å². The summed E-state index contributed by atoms with van der Waals surface area (Å²) in [6.45, 7) is 1.97. The highest BCUT2D eigenvalue weighted by Crippen LogP contribution is 2.55. The van der Waals surface area contributed by atoms with Crippen LogP contribution in [-0.4, -0.2) is 26.0 Å². The number of rotatable bonds is 2. The predicted molar refractivity (Wildman–Crippen MR) is 118 cm³/mol. The van der Waals surface area contributed by atoms with Crippen molar-refractivity contribution in [2.24, 2.45) is 11.8 Å². The van der Waals surface area contributed by atoms with Gasteiger partial charge in [-0.2, -0.15) is 0 Å². The van der Waals surface area contributed by atoms with Crippen LogP contribution in [0.15, 0.2) is 72.6 Å². The van der Waals surface area contributed by atoms with Gasteiger partial charge < -0.3 is 10.2 Å². The molecule has 3 aromatic rings. The monoisotopic (exact) mass is 412 g/mol. The number of allylic oxidation sites excluding steroid dienone is 1. The Morgan fingerprint density at radius 1 is 1.10 bits per heavy atom. The highest BCUT2D eigenvalue weighted by atomic mass is 16.3. The third kappa shape index (κ3) is 2.95. The fourth-order valence-electron chi connectivity index (χ4n) is 5.51.